The minimum Gasteiger partial charge on any atom is -0.756 e. The van der Waals surface area contributed by atoms with Gasteiger partial charge in [-0.25, -0.2) is 0 Å². The Morgan fingerprint density at radius 2 is 0.762 bits per heavy atom. The zero-order valence-electron chi connectivity index (χ0n) is 54.1. The first kappa shape index (κ1) is 78.2. The van der Waals surface area contributed by atoms with Crippen molar-refractivity contribution in [3.05, 3.63) is 36.5 Å². The van der Waals surface area contributed by atoms with Gasteiger partial charge in [0.25, 0.3) is 7.82 Å². The molecular formula is C70H135N2O7P. The molecule has 80 heavy (non-hydrogen) atoms. The Hall–Kier alpha value is -1.77. The monoisotopic (exact) mass is 1150 g/mol. The van der Waals surface area contributed by atoms with Crippen molar-refractivity contribution < 1.29 is 37.3 Å². The molecule has 3 unspecified atom stereocenters. The topological polar surface area (TPSA) is 114 Å². The average Bonchev–Trinajstić information content (AvgIpc) is 3.43. The van der Waals surface area contributed by atoms with E-state index in [1.807, 2.05) is 33.3 Å². The summed E-state index contributed by atoms with van der Waals surface area (Å²) in [7, 11) is 1.20. The highest BCUT2D eigenvalue weighted by atomic mass is 31.2. The molecule has 1 N–H and O–H groups in total. The highest BCUT2D eigenvalue weighted by Crippen LogP contribution is 2.38. The lowest BCUT2D eigenvalue weighted by molar-refractivity contribution is -0.870. The fourth-order valence-corrected chi connectivity index (χ4v) is 11.2. The summed E-state index contributed by atoms with van der Waals surface area (Å²) in [4.78, 5) is 40.1. The van der Waals surface area contributed by atoms with Gasteiger partial charge in [-0.2, -0.15) is 0 Å². The molecule has 9 nitrogen and oxygen atoms in total. The van der Waals surface area contributed by atoms with Gasteiger partial charge >= 0.3 is 5.97 Å². The molecular weight excluding hydrogens is 1010 g/mol. The van der Waals surface area contributed by atoms with E-state index in [0.29, 0.717) is 17.4 Å². The fourth-order valence-electron chi connectivity index (χ4n) is 10.4. The van der Waals surface area contributed by atoms with E-state index in [9.17, 15) is 19.0 Å². The third kappa shape index (κ3) is 60.8. The number of phosphoric acid groups is 1. The Morgan fingerprint density at radius 3 is 1.15 bits per heavy atom. The second-order valence-electron chi connectivity index (χ2n) is 25.0. The molecule has 0 rings (SSSR count). The van der Waals surface area contributed by atoms with Crippen molar-refractivity contribution in [2.24, 2.45) is 0 Å². The first-order valence-electron chi connectivity index (χ1n) is 34.8. The number of phosphoric ester groups is 1. The number of unbranched alkanes of at least 4 members (excludes halogenated alkanes) is 44. The van der Waals surface area contributed by atoms with Crippen LogP contribution in [-0.2, 0) is 27.9 Å². The summed E-state index contributed by atoms with van der Waals surface area (Å²) in [6, 6.07) is -0.883. The Balaban J connectivity index is 4.94. The molecule has 0 spiro atoms. The molecule has 0 heterocycles. The van der Waals surface area contributed by atoms with Crippen LogP contribution in [-0.4, -0.2) is 69.4 Å². The molecule has 0 aliphatic heterocycles. The fraction of sp³-hybridized carbons (Fsp3) is 0.886. The predicted molar refractivity (Wildman–Crippen MR) is 344 cm³/mol. The number of nitrogens with one attached hydrogen (secondary N) is 1. The summed E-state index contributed by atoms with van der Waals surface area (Å²) in [5.74, 6) is -0.522. The van der Waals surface area contributed by atoms with Crippen molar-refractivity contribution in [3.8, 4) is 0 Å². The Kier molecular flexibility index (Phi) is 59.0. The number of allylic oxidation sites excluding steroid dienone is 5. The van der Waals surface area contributed by atoms with Gasteiger partial charge in [0.2, 0.25) is 5.91 Å². The van der Waals surface area contributed by atoms with Gasteiger partial charge in [0.15, 0.2) is 0 Å². The summed E-state index contributed by atoms with van der Waals surface area (Å²) in [6.45, 7) is 6.87. The van der Waals surface area contributed by atoms with Crippen molar-refractivity contribution in [1.82, 2.24) is 5.32 Å². The molecule has 0 aliphatic carbocycles. The summed E-state index contributed by atoms with van der Waals surface area (Å²) >= 11 is 0. The lowest BCUT2D eigenvalue weighted by Gasteiger charge is -2.30. The van der Waals surface area contributed by atoms with Crippen LogP contribution in [0.3, 0.4) is 0 Å². The van der Waals surface area contributed by atoms with E-state index in [1.165, 1.54) is 250 Å². The number of carbonyl (C=O) groups is 2. The standard InChI is InChI=1S/C70H135N2O7P/c1-7-10-13-16-19-22-25-27-29-31-32-33-34-35-36-37-38-39-40-41-43-45-48-51-54-57-60-63-70(74)79-68(61-58-55-52-49-46-24-21-18-15-12-9-3)67(66-78-80(75,76)77-65-64-72(4,5)6)71-69(73)62-59-56-53-50-47-44-42-30-28-26-23-20-17-14-11-8-2/h19,22,27,29,58,61,67-68H,7-18,20-21,23-26,28,30-57,59-60,62-66H2,1-6H3,(H-,71,73,75,76)/b22-19-,29-27-,61-58-. The minimum atomic E-state index is -4.69. The molecule has 0 saturated carbocycles. The molecule has 0 radical (unpaired) electrons. The van der Waals surface area contributed by atoms with Gasteiger partial charge in [0.05, 0.1) is 33.8 Å². The Labute approximate surface area is 497 Å². The second kappa shape index (κ2) is 60.4. The molecule has 0 aromatic carbocycles. The largest absolute Gasteiger partial charge is 0.756 e. The van der Waals surface area contributed by atoms with Crippen LogP contribution in [0.5, 0.6) is 0 Å². The summed E-state index contributed by atoms with van der Waals surface area (Å²) in [5.41, 5.74) is 0. The van der Waals surface area contributed by atoms with Crippen molar-refractivity contribution in [2.75, 3.05) is 40.9 Å². The molecule has 0 fully saturated rings. The zero-order chi connectivity index (χ0) is 58.6. The van der Waals surface area contributed by atoms with Crippen molar-refractivity contribution in [2.45, 2.75) is 360 Å². The van der Waals surface area contributed by atoms with Crippen LogP contribution in [0.2, 0.25) is 0 Å². The van der Waals surface area contributed by atoms with E-state index in [4.69, 9.17) is 13.8 Å². The first-order valence-corrected chi connectivity index (χ1v) is 36.3. The molecule has 0 saturated heterocycles. The first-order chi connectivity index (χ1) is 38.9. The zero-order valence-corrected chi connectivity index (χ0v) is 54.9. The normalized spacial score (nSPS) is 13.7. The third-order valence-electron chi connectivity index (χ3n) is 15.8. The molecule has 1 amide bonds. The smallest absolute Gasteiger partial charge is 0.306 e. The van der Waals surface area contributed by atoms with E-state index in [0.717, 1.165) is 64.2 Å². The van der Waals surface area contributed by atoms with Gasteiger partial charge in [-0.1, -0.05) is 308 Å². The van der Waals surface area contributed by atoms with Crippen molar-refractivity contribution in [1.29, 1.82) is 0 Å². The SMILES string of the molecule is CCCCC/C=C\C/C=C\CCCCCCCCCCCCCCCCCCCC(=O)OC(/C=C\CCCCCCCCCCC)C(COP(=O)([O-])OCC[N+](C)(C)C)NC(=O)CCCCCCCCCCCCCCCCCC. The summed E-state index contributed by atoms with van der Waals surface area (Å²) < 4.78 is 30.4. The maximum Gasteiger partial charge on any atom is 0.306 e. The quantitative estimate of drug-likeness (QED) is 0.0212. The summed E-state index contributed by atoms with van der Waals surface area (Å²) in [5, 5.41) is 3.04. The minimum absolute atomic E-state index is 0.0187. The van der Waals surface area contributed by atoms with E-state index in [-0.39, 0.29) is 31.5 Å². The maximum absolute atomic E-state index is 13.5. The highest BCUT2D eigenvalue weighted by molar-refractivity contribution is 7.45. The van der Waals surface area contributed by atoms with E-state index in [1.54, 1.807) is 0 Å². The van der Waals surface area contributed by atoms with Gasteiger partial charge in [-0.05, 0) is 63.9 Å². The van der Waals surface area contributed by atoms with Gasteiger partial charge < -0.3 is 28.5 Å². The third-order valence-corrected chi connectivity index (χ3v) is 16.8. The molecule has 0 aromatic heterocycles. The number of esters is 1. The van der Waals surface area contributed by atoms with Crippen LogP contribution in [0.4, 0.5) is 0 Å². The van der Waals surface area contributed by atoms with E-state index in [2.05, 4.69) is 50.4 Å². The number of amides is 1. The lowest BCUT2D eigenvalue weighted by atomic mass is 10.0. The predicted octanol–water partition coefficient (Wildman–Crippen LogP) is 21.2. The van der Waals surface area contributed by atoms with Crippen LogP contribution < -0.4 is 10.2 Å². The van der Waals surface area contributed by atoms with Gasteiger partial charge in [-0.3, -0.25) is 14.2 Å². The number of ether oxygens (including phenoxy) is 1. The van der Waals surface area contributed by atoms with Crippen LogP contribution in [0, 0.1) is 0 Å². The van der Waals surface area contributed by atoms with Gasteiger partial charge in [-0.15, -0.1) is 0 Å². The number of hydrogen-bond acceptors (Lipinski definition) is 7. The number of carbonyl (C=O) groups excluding carboxylic acids is 2. The molecule has 0 aliphatic rings. The second-order valence-corrected chi connectivity index (χ2v) is 26.5. The number of quaternary nitrogens is 1. The van der Waals surface area contributed by atoms with Crippen LogP contribution in [0.25, 0.3) is 0 Å². The van der Waals surface area contributed by atoms with Gasteiger partial charge in [0, 0.05) is 12.8 Å². The van der Waals surface area contributed by atoms with Gasteiger partial charge in [0.1, 0.15) is 19.3 Å². The van der Waals surface area contributed by atoms with Crippen molar-refractivity contribution in [3.63, 3.8) is 0 Å². The molecule has 0 aromatic rings. The Morgan fingerprint density at radius 1 is 0.438 bits per heavy atom. The lowest BCUT2D eigenvalue weighted by Crippen LogP contribution is -2.47. The molecule has 472 valence electrons. The highest BCUT2D eigenvalue weighted by Gasteiger charge is 2.27. The number of likely N-dealkylation sites (N-methyl/N-ethyl adjacent to an activating group) is 1. The molecule has 0 bridgehead atoms. The Bertz CT molecular complexity index is 1460. The maximum atomic E-state index is 13.5. The number of nitrogens with zero attached hydrogens (tertiary/aromatic N) is 1. The summed E-state index contributed by atoms with van der Waals surface area (Å²) in [6.07, 6.45) is 74.1. The molecule has 10 heteroatoms. The van der Waals surface area contributed by atoms with Crippen molar-refractivity contribution >= 4 is 19.7 Å². The van der Waals surface area contributed by atoms with Crippen LogP contribution in [0.15, 0.2) is 36.5 Å². The number of rotatable bonds is 64. The van der Waals surface area contributed by atoms with E-state index < -0.39 is 20.0 Å². The average molecular weight is 1150 g/mol. The van der Waals surface area contributed by atoms with Crippen LogP contribution >= 0.6 is 7.82 Å². The number of hydrogen-bond donors (Lipinski definition) is 1. The van der Waals surface area contributed by atoms with E-state index >= 15 is 0 Å². The van der Waals surface area contributed by atoms with Crippen LogP contribution in [0.1, 0.15) is 348 Å². The molecule has 3 atom stereocenters.